The van der Waals surface area contributed by atoms with Gasteiger partial charge in [0.25, 0.3) is 10.0 Å². The Hall–Kier alpha value is -2.09. The van der Waals surface area contributed by atoms with Crippen LogP contribution < -0.4 is 4.90 Å². The maximum absolute atomic E-state index is 13.4. The van der Waals surface area contributed by atoms with E-state index in [1.807, 2.05) is 24.3 Å². The number of thiophene rings is 1. The molecule has 2 aliphatic heterocycles. The van der Waals surface area contributed by atoms with E-state index in [-0.39, 0.29) is 34.4 Å². The van der Waals surface area contributed by atoms with Crippen LogP contribution in [0.2, 0.25) is 0 Å². The molecule has 0 spiro atoms. The van der Waals surface area contributed by atoms with E-state index < -0.39 is 20.5 Å². The number of ether oxygens (including phenoxy) is 1. The van der Waals surface area contributed by atoms with Crippen LogP contribution in [0, 0.1) is 10.1 Å². The van der Waals surface area contributed by atoms with Crippen molar-refractivity contribution in [2.45, 2.75) is 42.7 Å². The van der Waals surface area contributed by atoms with Crippen molar-refractivity contribution in [2.24, 2.45) is 0 Å². The molecule has 2 aromatic rings. The molecule has 1 aromatic heterocycles. The second kappa shape index (κ2) is 10.1. The third-order valence-electron chi connectivity index (χ3n) is 6.64. The zero-order chi connectivity index (χ0) is 25.4. The number of nitro groups is 1. The largest absolute Gasteiger partial charge is 0.386 e. The zero-order valence-corrected chi connectivity index (χ0v) is 21.8. The molecule has 4 rings (SSSR count). The van der Waals surface area contributed by atoms with Crippen LogP contribution in [0.5, 0.6) is 0 Å². The zero-order valence-electron chi connectivity index (χ0n) is 20.2. The maximum Gasteiger partial charge on any atom is 0.325 e. The second-order valence-electron chi connectivity index (χ2n) is 9.58. The predicted molar refractivity (Wildman–Crippen MR) is 134 cm³/mol. The molecular weight excluding hydrogens is 492 g/mol. The fraction of sp³-hybridized carbons (Fsp3) is 0.565. The van der Waals surface area contributed by atoms with Gasteiger partial charge < -0.3 is 14.7 Å². The molecule has 0 unspecified atom stereocenters. The highest BCUT2D eigenvalue weighted by molar-refractivity contribution is 7.91. The van der Waals surface area contributed by atoms with Crippen LogP contribution >= 0.6 is 11.3 Å². The van der Waals surface area contributed by atoms with Gasteiger partial charge in [0.1, 0.15) is 4.21 Å². The first-order chi connectivity index (χ1) is 16.5. The summed E-state index contributed by atoms with van der Waals surface area (Å²) in [5.41, 5.74) is 0.824. The quantitative estimate of drug-likeness (QED) is 0.434. The lowest BCUT2D eigenvalue weighted by Crippen LogP contribution is -2.60. The molecule has 1 N–H and O–H groups in total. The molecule has 2 fully saturated rings. The van der Waals surface area contributed by atoms with E-state index in [0.717, 1.165) is 17.8 Å². The Balaban J connectivity index is 1.60. The summed E-state index contributed by atoms with van der Waals surface area (Å²) in [6.07, 6.45) is 0. The number of piperazine rings is 1. The van der Waals surface area contributed by atoms with E-state index in [0.29, 0.717) is 37.6 Å². The van der Waals surface area contributed by atoms with Crippen molar-refractivity contribution < 1.29 is 23.2 Å². The average molecular weight is 525 g/mol. The van der Waals surface area contributed by atoms with Crippen molar-refractivity contribution in [1.29, 1.82) is 0 Å². The van der Waals surface area contributed by atoms with E-state index >= 15 is 0 Å². The number of nitrogens with zero attached hydrogens (tertiary/aromatic N) is 4. The normalized spacial score (nSPS) is 22.9. The van der Waals surface area contributed by atoms with Gasteiger partial charge in [-0.25, -0.2) is 8.42 Å². The number of rotatable bonds is 7. The maximum atomic E-state index is 13.4. The minimum absolute atomic E-state index is 0.00864. The minimum atomic E-state index is -3.85. The summed E-state index contributed by atoms with van der Waals surface area (Å²) < 4.78 is 33.7. The molecular formula is C23H32N4O6S2. The van der Waals surface area contributed by atoms with Gasteiger partial charge in [0.05, 0.1) is 29.8 Å². The first-order valence-corrected chi connectivity index (χ1v) is 13.9. The summed E-state index contributed by atoms with van der Waals surface area (Å²) in [6, 6.07) is 10.4. The number of benzene rings is 1. The van der Waals surface area contributed by atoms with E-state index in [1.165, 1.54) is 16.4 Å². The molecule has 0 radical (unpaired) electrons. The highest BCUT2D eigenvalue weighted by atomic mass is 32.2. The van der Waals surface area contributed by atoms with Gasteiger partial charge >= 0.3 is 5.00 Å². The standard InChI is InChI=1S/C23H32N4O6S2/c1-17-16-33-13-12-24(17)14-20-15-25(35(31,32)22-9-8-21(34-22)27(29)30)10-11-26(20)19-6-4-18(5-7-19)23(2,3)28/h4-9,17,20,28H,10-16H2,1-3H3/t17-,20-/m0/s1. The highest BCUT2D eigenvalue weighted by Gasteiger charge is 2.37. The number of aliphatic hydroxyl groups is 1. The Labute approximate surface area is 209 Å². The third kappa shape index (κ3) is 5.68. The summed E-state index contributed by atoms with van der Waals surface area (Å²) >= 11 is 0.687. The van der Waals surface area contributed by atoms with Crippen molar-refractivity contribution in [3.63, 3.8) is 0 Å². The Morgan fingerprint density at radius 3 is 2.49 bits per heavy atom. The molecule has 0 saturated carbocycles. The number of sulfonamides is 1. The molecule has 12 heteroatoms. The van der Waals surface area contributed by atoms with Crippen LogP contribution in [0.1, 0.15) is 26.3 Å². The monoisotopic (exact) mass is 524 g/mol. The molecule has 2 atom stereocenters. The van der Waals surface area contributed by atoms with Crippen molar-refractivity contribution in [3.8, 4) is 0 Å². The highest BCUT2D eigenvalue weighted by Crippen LogP contribution is 2.32. The molecule has 2 saturated heterocycles. The summed E-state index contributed by atoms with van der Waals surface area (Å²) in [6.45, 7) is 9.31. The Kier molecular flexibility index (Phi) is 7.51. The molecule has 2 aliphatic rings. The van der Waals surface area contributed by atoms with Crippen LogP contribution in [-0.2, 0) is 20.4 Å². The average Bonchev–Trinajstić information content (AvgIpc) is 3.32. The number of hydrogen-bond donors (Lipinski definition) is 1. The molecule has 3 heterocycles. The topological polar surface area (TPSA) is 116 Å². The number of hydrogen-bond acceptors (Lipinski definition) is 9. The van der Waals surface area contributed by atoms with Gasteiger partial charge in [-0.3, -0.25) is 15.0 Å². The van der Waals surface area contributed by atoms with Crippen LogP contribution in [0.3, 0.4) is 0 Å². The van der Waals surface area contributed by atoms with E-state index in [4.69, 9.17) is 4.74 Å². The number of morpholine rings is 1. The smallest absolute Gasteiger partial charge is 0.325 e. The molecule has 0 amide bonds. The fourth-order valence-corrected chi connectivity index (χ4v) is 7.31. The summed E-state index contributed by atoms with van der Waals surface area (Å²) in [4.78, 5) is 15.0. The van der Waals surface area contributed by atoms with Crippen molar-refractivity contribution in [2.75, 3.05) is 50.8 Å². The van der Waals surface area contributed by atoms with E-state index in [1.54, 1.807) is 13.8 Å². The van der Waals surface area contributed by atoms with Gasteiger partial charge in [0.2, 0.25) is 0 Å². The second-order valence-corrected chi connectivity index (χ2v) is 12.8. The fourth-order valence-electron chi connectivity index (χ4n) is 4.58. The molecule has 192 valence electrons. The van der Waals surface area contributed by atoms with Crippen molar-refractivity contribution in [1.82, 2.24) is 9.21 Å². The van der Waals surface area contributed by atoms with Crippen LogP contribution in [0.4, 0.5) is 10.7 Å². The van der Waals surface area contributed by atoms with Crippen LogP contribution in [-0.4, -0.2) is 85.7 Å². The third-order valence-corrected chi connectivity index (χ3v) is 10.0. The summed E-state index contributed by atoms with van der Waals surface area (Å²) in [5.74, 6) is 0. The van der Waals surface area contributed by atoms with Crippen molar-refractivity contribution in [3.05, 3.63) is 52.1 Å². The lowest BCUT2D eigenvalue weighted by Gasteiger charge is -2.45. The van der Waals surface area contributed by atoms with Gasteiger partial charge in [-0.2, -0.15) is 4.31 Å². The molecule has 1 aromatic carbocycles. The molecule has 35 heavy (non-hydrogen) atoms. The van der Waals surface area contributed by atoms with E-state index in [9.17, 15) is 23.6 Å². The Morgan fingerprint density at radius 2 is 1.89 bits per heavy atom. The van der Waals surface area contributed by atoms with Gasteiger partial charge in [-0.05, 0) is 55.9 Å². The number of anilines is 1. The first-order valence-electron chi connectivity index (χ1n) is 11.6. The Morgan fingerprint density at radius 1 is 1.17 bits per heavy atom. The van der Waals surface area contributed by atoms with E-state index in [2.05, 4.69) is 16.7 Å². The minimum Gasteiger partial charge on any atom is -0.386 e. The predicted octanol–water partition coefficient (Wildman–Crippen LogP) is 2.48. The van der Waals surface area contributed by atoms with Crippen LogP contribution in [0.15, 0.2) is 40.6 Å². The molecule has 0 aliphatic carbocycles. The molecule has 0 bridgehead atoms. The van der Waals surface area contributed by atoms with Crippen molar-refractivity contribution >= 4 is 32.0 Å². The summed E-state index contributed by atoms with van der Waals surface area (Å²) in [7, 11) is -3.85. The SMILES string of the molecule is C[C@H]1COCCN1C[C@H]1CN(S(=O)(=O)c2ccc([N+](=O)[O-])s2)CCN1c1ccc(C(C)(C)O)cc1. The van der Waals surface area contributed by atoms with Crippen LogP contribution in [0.25, 0.3) is 0 Å². The Bertz CT molecular complexity index is 1150. The lowest BCUT2D eigenvalue weighted by molar-refractivity contribution is -0.380. The lowest BCUT2D eigenvalue weighted by atomic mass is 9.98. The molecule has 10 nitrogen and oxygen atoms in total. The van der Waals surface area contributed by atoms with Gasteiger partial charge in [-0.15, -0.1) is 0 Å². The van der Waals surface area contributed by atoms with Gasteiger partial charge in [0, 0.05) is 50.5 Å². The summed E-state index contributed by atoms with van der Waals surface area (Å²) in [5, 5.41) is 21.2. The first kappa shape index (κ1) is 26.0. The van der Waals surface area contributed by atoms with Gasteiger partial charge in [-0.1, -0.05) is 12.1 Å². The van der Waals surface area contributed by atoms with Gasteiger partial charge in [0.15, 0.2) is 0 Å².